The van der Waals surface area contributed by atoms with Crippen molar-refractivity contribution in [2.45, 2.75) is 24.9 Å². The van der Waals surface area contributed by atoms with Gasteiger partial charge >= 0.3 is 0 Å². The molecule has 0 aliphatic carbocycles. The maximum atomic E-state index is 13.5. The second-order valence-corrected chi connectivity index (χ2v) is 4.15. The first-order valence-electron chi connectivity index (χ1n) is 5.54. The molecule has 2 aromatic heterocycles. The van der Waals surface area contributed by atoms with Crippen LogP contribution in [0.15, 0.2) is 12.7 Å². The van der Waals surface area contributed by atoms with Crippen LogP contribution in [0.5, 0.6) is 0 Å². The Hall–Kier alpha value is -1.80. The van der Waals surface area contributed by atoms with Crippen molar-refractivity contribution in [3.05, 3.63) is 12.7 Å². The maximum Gasteiger partial charge on any atom is 0.167 e. The number of aromatic nitrogens is 4. The van der Waals surface area contributed by atoms with Crippen molar-refractivity contribution in [2.24, 2.45) is 0 Å². The molecule has 1 fully saturated rings. The second kappa shape index (κ2) is 4.14. The van der Waals surface area contributed by atoms with Crippen LogP contribution in [0, 0.1) is 0 Å². The van der Waals surface area contributed by atoms with Crippen molar-refractivity contribution < 1.29 is 14.2 Å². The van der Waals surface area contributed by atoms with Gasteiger partial charge in [0.05, 0.1) is 12.9 Å². The van der Waals surface area contributed by atoms with E-state index in [2.05, 4.69) is 15.0 Å². The molecule has 3 heterocycles. The molecule has 1 unspecified atom stereocenters. The van der Waals surface area contributed by atoms with E-state index >= 15 is 0 Å². The molecular weight excluding hydrogens is 241 g/mol. The minimum absolute atomic E-state index is 0.153. The number of nitrogens with zero attached hydrogens (tertiary/aromatic N) is 4. The molecule has 0 amide bonds. The van der Waals surface area contributed by atoms with E-state index in [9.17, 15) is 4.39 Å². The number of ether oxygens (including phenoxy) is 1. The van der Waals surface area contributed by atoms with E-state index in [-0.39, 0.29) is 18.8 Å². The van der Waals surface area contributed by atoms with Gasteiger partial charge in [0.25, 0.3) is 0 Å². The highest BCUT2D eigenvalue weighted by molar-refractivity contribution is 5.81. The lowest BCUT2D eigenvalue weighted by atomic mass is 10.2. The Morgan fingerprint density at radius 3 is 3.06 bits per heavy atom. The van der Waals surface area contributed by atoms with Crippen molar-refractivity contribution in [3.8, 4) is 0 Å². The van der Waals surface area contributed by atoms with Crippen molar-refractivity contribution in [1.29, 1.82) is 0 Å². The van der Waals surface area contributed by atoms with E-state index in [1.165, 1.54) is 12.7 Å². The van der Waals surface area contributed by atoms with Crippen LogP contribution in [-0.2, 0) is 4.74 Å². The second-order valence-electron chi connectivity index (χ2n) is 4.15. The van der Waals surface area contributed by atoms with E-state index in [0.717, 1.165) is 0 Å². The van der Waals surface area contributed by atoms with Crippen LogP contribution in [0.25, 0.3) is 11.2 Å². The van der Waals surface area contributed by atoms with Crippen molar-refractivity contribution in [1.82, 2.24) is 19.5 Å². The van der Waals surface area contributed by atoms with Gasteiger partial charge in [-0.1, -0.05) is 0 Å². The zero-order valence-electron chi connectivity index (χ0n) is 9.40. The Bertz CT molecular complexity index is 574. The fourth-order valence-electron chi connectivity index (χ4n) is 2.10. The minimum Gasteiger partial charge on any atom is -0.394 e. The lowest BCUT2D eigenvalue weighted by Gasteiger charge is -2.13. The fourth-order valence-corrected chi connectivity index (χ4v) is 2.10. The normalized spacial score (nSPS) is 28.0. The summed E-state index contributed by atoms with van der Waals surface area (Å²) in [5, 5.41) is 8.97. The summed E-state index contributed by atoms with van der Waals surface area (Å²) in [7, 11) is 0. The SMILES string of the molecule is Nc1ncnc2c1ncn2[C@H]1CC(F)[C@@H](CO)O1. The van der Waals surface area contributed by atoms with Gasteiger partial charge in [0.2, 0.25) is 0 Å². The van der Waals surface area contributed by atoms with Gasteiger partial charge in [0.1, 0.15) is 30.3 Å². The van der Waals surface area contributed by atoms with Gasteiger partial charge in [-0.05, 0) is 0 Å². The number of hydrogen-bond donors (Lipinski definition) is 2. The van der Waals surface area contributed by atoms with Crippen LogP contribution < -0.4 is 5.73 Å². The quantitative estimate of drug-likeness (QED) is 0.783. The zero-order valence-corrected chi connectivity index (χ0v) is 9.40. The Morgan fingerprint density at radius 2 is 2.33 bits per heavy atom. The van der Waals surface area contributed by atoms with Crippen molar-refractivity contribution in [3.63, 3.8) is 0 Å². The van der Waals surface area contributed by atoms with E-state index < -0.39 is 18.5 Å². The third-order valence-electron chi connectivity index (χ3n) is 3.04. The number of fused-ring (bicyclic) bond motifs is 1. The summed E-state index contributed by atoms with van der Waals surface area (Å²) in [6, 6.07) is 0. The Kier molecular flexibility index (Phi) is 2.60. The number of aliphatic hydroxyl groups excluding tert-OH is 1. The predicted octanol–water partition coefficient (Wildman–Crippen LogP) is 0.0264. The summed E-state index contributed by atoms with van der Waals surface area (Å²) in [6.07, 6.45) is 0.439. The first kappa shape index (κ1) is 11.3. The molecule has 3 atom stereocenters. The molecule has 1 aliphatic heterocycles. The van der Waals surface area contributed by atoms with Gasteiger partial charge in [0.15, 0.2) is 11.5 Å². The fraction of sp³-hybridized carbons (Fsp3) is 0.500. The number of aliphatic hydroxyl groups is 1. The molecule has 0 bridgehead atoms. The van der Waals surface area contributed by atoms with Gasteiger partial charge < -0.3 is 15.6 Å². The van der Waals surface area contributed by atoms with Gasteiger partial charge in [0, 0.05) is 6.42 Å². The van der Waals surface area contributed by atoms with E-state index in [1.807, 2.05) is 0 Å². The molecule has 18 heavy (non-hydrogen) atoms. The van der Waals surface area contributed by atoms with Crippen LogP contribution in [0.1, 0.15) is 12.6 Å². The first-order valence-corrected chi connectivity index (χ1v) is 5.54. The van der Waals surface area contributed by atoms with Crippen LogP contribution in [-0.4, -0.2) is 43.5 Å². The van der Waals surface area contributed by atoms with Crippen LogP contribution >= 0.6 is 0 Å². The summed E-state index contributed by atoms with van der Waals surface area (Å²) < 4.78 is 20.6. The molecular formula is C10H12FN5O2. The Morgan fingerprint density at radius 1 is 1.50 bits per heavy atom. The average molecular weight is 253 g/mol. The molecule has 3 rings (SSSR count). The highest BCUT2D eigenvalue weighted by Gasteiger charge is 2.36. The molecule has 1 saturated heterocycles. The van der Waals surface area contributed by atoms with Crippen LogP contribution in [0.4, 0.5) is 10.2 Å². The lowest BCUT2D eigenvalue weighted by molar-refractivity contribution is -0.0323. The average Bonchev–Trinajstić information content (AvgIpc) is 2.93. The smallest absolute Gasteiger partial charge is 0.167 e. The summed E-state index contributed by atoms with van der Waals surface area (Å²) in [5.41, 5.74) is 6.63. The highest BCUT2D eigenvalue weighted by Crippen LogP contribution is 2.32. The molecule has 2 aromatic rings. The maximum absolute atomic E-state index is 13.5. The topological polar surface area (TPSA) is 99.1 Å². The van der Waals surface area contributed by atoms with Crippen molar-refractivity contribution >= 4 is 17.0 Å². The highest BCUT2D eigenvalue weighted by atomic mass is 19.1. The molecule has 0 saturated carbocycles. The monoisotopic (exact) mass is 253 g/mol. The van der Waals surface area contributed by atoms with E-state index in [4.69, 9.17) is 15.6 Å². The van der Waals surface area contributed by atoms with Gasteiger partial charge in [-0.3, -0.25) is 4.57 Å². The molecule has 8 heteroatoms. The summed E-state index contributed by atoms with van der Waals surface area (Å²) in [5.74, 6) is 0.271. The molecule has 0 aromatic carbocycles. The number of anilines is 1. The summed E-state index contributed by atoms with van der Waals surface area (Å²) in [6.45, 7) is -0.346. The van der Waals surface area contributed by atoms with Gasteiger partial charge in [-0.25, -0.2) is 19.3 Å². The molecule has 96 valence electrons. The van der Waals surface area contributed by atoms with Gasteiger partial charge in [-0.2, -0.15) is 0 Å². The predicted molar refractivity (Wildman–Crippen MR) is 60.2 cm³/mol. The number of rotatable bonds is 2. The number of imidazole rings is 1. The largest absolute Gasteiger partial charge is 0.394 e. The minimum atomic E-state index is -1.20. The third kappa shape index (κ3) is 1.61. The number of halogens is 1. The Balaban J connectivity index is 1.99. The number of hydrogen-bond acceptors (Lipinski definition) is 6. The zero-order chi connectivity index (χ0) is 12.7. The summed E-state index contributed by atoms with van der Waals surface area (Å²) in [4.78, 5) is 12.0. The third-order valence-corrected chi connectivity index (χ3v) is 3.04. The van der Waals surface area contributed by atoms with Gasteiger partial charge in [-0.15, -0.1) is 0 Å². The summed E-state index contributed by atoms with van der Waals surface area (Å²) >= 11 is 0. The van der Waals surface area contributed by atoms with Crippen LogP contribution in [0.2, 0.25) is 0 Å². The van der Waals surface area contributed by atoms with Crippen molar-refractivity contribution in [2.75, 3.05) is 12.3 Å². The van der Waals surface area contributed by atoms with E-state index in [1.54, 1.807) is 4.57 Å². The number of alkyl halides is 1. The molecule has 7 nitrogen and oxygen atoms in total. The van der Waals surface area contributed by atoms with E-state index in [0.29, 0.717) is 11.2 Å². The Labute approximate surface area is 101 Å². The molecule has 0 spiro atoms. The molecule has 3 N–H and O–H groups in total. The number of nitrogen functional groups attached to an aromatic ring is 1. The molecule has 1 aliphatic rings. The standard InChI is InChI=1S/C10H12FN5O2/c11-5-1-7(18-6(5)2-17)16-4-15-8-9(12)13-3-14-10(8)16/h3-7,17H,1-2H2,(H2,12,13,14)/t5?,6-,7-/m1/s1. The lowest BCUT2D eigenvalue weighted by Crippen LogP contribution is -2.21. The molecule has 0 radical (unpaired) electrons. The first-order chi connectivity index (χ1) is 8.70. The van der Waals surface area contributed by atoms with Crippen LogP contribution in [0.3, 0.4) is 0 Å². The number of nitrogens with two attached hydrogens (primary N) is 1.